The molecule has 2 rings (SSSR count). The lowest BCUT2D eigenvalue weighted by Gasteiger charge is -2.19. The van der Waals surface area contributed by atoms with Crippen molar-refractivity contribution in [3.63, 3.8) is 0 Å². The van der Waals surface area contributed by atoms with Crippen molar-refractivity contribution in [1.29, 1.82) is 0 Å². The van der Waals surface area contributed by atoms with E-state index in [9.17, 15) is 22.0 Å². The van der Waals surface area contributed by atoms with Crippen LogP contribution < -0.4 is 14.8 Å². The van der Waals surface area contributed by atoms with Gasteiger partial charge in [-0.25, -0.2) is 8.42 Å². The second kappa shape index (κ2) is 10.1. The van der Waals surface area contributed by atoms with Crippen LogP contribution in [0, 0.1) is 0 Å². The Morgan fingerprint density at radius 3 is 2.37 bits per heavy atom. The van der Waals surface area contributed by atoms with E-state index < -0.39 is 22.5 Å². The number of carbonyl (C=O) groups is 1. The first kappa shape index (κ1) is 23.8. The van der Waals surface area contributed by atoms with Gasteiger partial charge in [0.25, 0.3) is 5.91 Å². The lowest BCUT2D eigenvalue weighted by atomic mass is 10.2. The van der Waals surface area contributed by atoms with E-state index in [-0.39, 0.29) is 45.8 Å². The summed E-state index contributed by atoms with van der Waals surface area (Å²) >= 11 is 6.07. The molecule has 7 nitrogen and oxygen atoms in total. The third kappa shape index (κ3) is 5.38. The van der Waals surface area contributed by atoms with E-state index in [2.05, 4.69) is 10.1 Å². The Kier molecular flexibility index (Phi) is 7.99. The topological polar surface area (TPSA) is 84.9 Å². The molecule has 0 bridgehead atoms. The summed E-state index contributed by atoms with van der Waals surface area (Å²) in [7, 11) is -2.60. The van der Waals surface area contributed by atoms with Gasteiger partial charge in [-0.2, -0.15) is 13.1 Å². The van der Waals surface area contributed by atoms with E-state index in [0.29, 0.717) is 0 Å². The molecule has 0 radical (unpaired) electrons. The lowest BCUT2D eigenvalue weighted by Crippen LogP contribution is -2.31. The molecule has 0 aliphatic heterocycles. The number of amides is 1. The van der Waals surface area contributed by atoms with E-state index in [1.165, 1.54) is 47.8 Å². The van der Waals surface area contributed by atoms with Gasteiger partial charge in [-0.1, -0.05) is 25.4 Å². The van der Waals surface area contributed by atoms with Crippen LogP contribution in [0.2, 0.25) is 5.02 Å². The summed E-state index contributed by atoms with van der Waals surface area (Å²) in [5.41, 5.74) is 0.178. The molecule has 0 unspecified atom stereocenters. The van der Waals surface area contributed by atoms with E-state index in [4.69, 9.17) is 16.3 Å². The second-order valence-corrected chi connectivity index (χ2v) is 8.25. The molecule has 1 amide bonds. The number of carbonyl (C=O) groups excluding carboxylic acids is 1. The van der Waals surface area contributed by atoms with Crippen molar-refractivity contribution in [2.24, 2.45) is 0 Å². The molecule has 2 aromatic rings. The molecule has 30 heavy (non-hydrogen) atoms. The summed E-state index contributed by atoms with van der Waals surface area (Å²) in [5.74, 6) is -0.852. The number of sulfonamides is 1. The molecule has 164 valence electrons. The largest absolute Gasteiger partial charge is 0.493 e. The summed E-state index contributed by atoms with van der Waals surface area (Å²) in [4.78, 5) is 12.4. The van der Waals surface area contributed by atoms with Crippen LogP contribution in [-0.2, 0) is 10.0 Å². The molecule has 0 aromatic heterocycles. The van der Waals surface area contributed by atoms with E-state index >= 15 is 0 Å². The molecule has 0 saturated carbocycles. The van der Waals surface area contributed by atoms with Crippen molar-refractivity contribution < 1.29 is 31.5 Å². The van der Waals surface area contributed by atoms with E-state index in [1.54, 1.807) is 13.8 Å². The maximum atomic E-state index is 12.8. The summed E-state index contributed by atoms with van der Waals surface area (Å²) in [6.07, 6.45) is 0. The van der Waals surface area contributed by atoms with Gasteiger partial charge in [0.05, 0.1) is 12.1 Å². The van der Waals surface area contributed by atoms with E-state index in [1.807, 2.05) is 0 Å². The first-order valence-corrected chi connectivity index (χ1v) is 10.7. The van der Waals surface area contributed by atoms with Gasteiger partial charge in [-0.05, 0) is 30.3 Å². The van der Waals surface area contributed by atoms with Crippen LogP contribution in [0.1, 0.15) is 24.2 Å². The standard InChI is InChI=1S/C19H21ClF2N2O5S/c1-4-24(5-2)30(26,27)17-10-12(6-8-14(17)20)18(25)23-13-7-9-15(28-3)16(11-13)29-19(21)22/h6-11,19H,4-5H2,1-3H3,(H,23,25). The Labute approximate surface area is 178 Å². The number of anilines is 1. The van der Waals surface area contributed by atoms with Gasteiger partial charge in [0.2, 0.25) is 10.0 Å². The highest BCUT2D eigenvalue weighted by molar-refractivity contribution is 7.89. The number of methoxy groups -OCH3 is 1. The molecular formula is C19H21ClF2N2O5S. The minimum atomic E-state index is -3.89. The third-order valence-electron chi connectivity index (χ3n) is 4.15. The van der Waals surface area contributed by atoms with Crippen LogP contribution in [0.15, 0.2) is 41.3 Å². The molecule has 0 spiro atoms. The highest BCUT2D eigenvalue weighted by atomic mass is 35.5. The van der Waals surface area contributed by atoms with Crippen molar-refractivity contribution in [2.75, 3.05) is 25.5 Å². The Bertz CT molecular complexity index is 1010. The number of nitrogens with zero attached hydrogens (tertiary/aromatic N) is 1. The Balaban J connectivity index is 2.35. The predicted molar refractivity (Wildman–Crippen MR) is 109 cm³/mol. The highest BCUT2D eigenvalue weighted by Gasteiger charge is 2.25. The van der Waals surface area contributed by atoms with Crippen molar-refractivity contribution >= 4 is 33.2 Å². The number of hydrogen-bond acceptors (Lipinski definition) is 5. The van der Waals surface area contributed by atoms with Gasteiger partial charge in [-0.3, -0.25) is 4.79 Å². The summed E-state index contributed by atoms with van der Waals surface area (Å²) < 4.78 is 61.2. The van der Waals surface area contributed by atoms with Gasteiger partial charge >= 0.3 is 6.61 Å². The molecule has 11 heteroatoms. The van der Waals surface area contributed by atoms with Crippen molar-refractivity contribution in [1.82, 2.24) is 4.31 Å². The lowest BCUT2D eigenvalue weighted by molar-refractivity contribution is -0.0511. The number of rotatable bonds is 9. The molecular weight excluding hydrogens is 442 g/mol. The van der Waals surface area contributed by atoms with Crippen molar-refractivity contribution in [3.05, 3.63) is 47.0 Å². The van der Waals surface area contributed by atoms with Gasteiger partial charge in [0.1, 0.15) is 4.90 Å². The van der Waals surface area contributed by atoms with Crippen LogP contribution in [0.3, 0.4) is 0 Å². The smallest absolute Gasteiger partial charge is 0.387 e. The molecule has 0 saturated heterocycles. The Morgan fingerprint density at radius 1 is 1.13 bits per heavy atom. The predicted octanol–water partition coefficient (Wildman–Crippen LogP) is 4.23. The fourth-order valence-electron chi connectivity index (χ4n) is 2.69. The molecule has 0 atom stereocenters. The average Bonchev–Trinajstić information content (AvgIpc) is 2.68. The molecule has 1 N–H and O–H groups in total. The number of benzene rings is 2. The normalized spacial score (nSPS) is 11.6. The first-order chi connectivity index (χ1) is 14.1. The number of hydrogen-bond donors (Lipinski definition) is 1. The Morgan fingerprint density at radius 2 is 1.80 bits per heavy atom. The summed E-state index contributed by atoms with van der Waals surface area (Å²) in [5, 5.41) is 2.49. The van der Waals surface area contributed by atoms with Gasteiger partial charge < -0.3 is 14.8 Å². The van der Waals surface area contributed by atoms with Gasteiger partial charge in [0.15, 0.2) is 11.5 Å². The number of halogens is 3. The Hall–Kier alpha value is -2.43. The van der Waals surface area contributed by atoms with Crippen LogP contribution in [0.5, 0.6) is 11.5 Å². The van der Waals surface area contributed by atoms with Gasteiger partial charge in [-0.15, -0.1) is 0 Å². The zero-order valence-electron chi connectivity index (χ0n) is 16.5. The molecule has 2 aromatic carbocycles. The maximum absolute atomic E-state index is 12.8. The fraction of sp³-hybridized carbons (Fsp3) is 0.316. The molecule has 0 aliphatic carbocycles. The number of ether oxygens (including phenoxy) is 2. The summed E-state index contributed by atoms with van der Waals surface area (Å²) in [6, 6.07) is 7.80. The number of nitrogens with one attached hydrogen (secondary N) is 1. The van der Waals surface area contributed by atoms with Crippen LogP contribution >= 0.6 is 11.6 Å². The number of alkyl halides is 2. The second-order valence-electron chi connectivity index (χ2n) is 5.93. The highest BCUT2D eigenvalue weighted by Crippen LogP contribution is 2.32. The van der Waals surface area contributed by atoms with E-state index in [0.717, 1.165) is 0 Å². The maximum Gasteiger partial charge on any atom is 0.387 e. The zero-order chi connectivity index (χ0) is 22.5. The SMILES string of the molecule is CCN(CC)S(=O)(=O)c1cc(C(=O)Nc2ccc(OC)c(OC(F)F)c2)ccc1Cl. The first-order valence-electron chi connectivity index (χ1n) is 8.87. The average molecular weight is 463 g/mol. The van der Waals surface area contributed by atoms with Crippen LogP contribution in [0.4, 0.5) is 14.5 Å². The molecule has 0 heterocycles. The minimum Gasteiger partial charge on any atom is -0.493 e. The third-order valence-corrected chi connectivity index (χ3v) is 6.69. The molecule has 0 fully saturated rings. The van der Waals surface area contributed by atoms with Crippen LogP contribution in [0.25, 0.3) is 0 Å². The minimum absolute atomic E-state index is 0.0180. The van der Waals surface area contributed by atoms with Crippen molar-refractivity contribution in [2.45, 2.75) is 25.4 Å². The quantitative estimate of drug-likeness (QED) is 0.602. The van der Waals surface area contributed by atoms with Crippen LogP contribution in [-0.4, -0.2) is 45.4 Å². The monoisotopic (exact) mass is 462 g/mol. The molecule has 0 aliphatic rings. The van der Waals surface area contributed by atoms with Gasteiger partial charge in [0, 0.05) is 30.4 Å². The van der Waals surface area contributed by atoms with Crippen molar-refractivity contribution in [3.8, 4) is 11.5 Å². The fourth-order valence-corrected chi connectivity index (χ4v) is 4.65. The zero-order valence-corrected chi connectivity index (χ0v) is 18.1. The summed E-state index contributed by atoms with van der Waals surface area (Å²) in [6.45, 7) is 0.783.